The molecule has 0 aromatic heterocycles. The molecule has 1 aromatic rings. The Balaban J connectivity index is 1.93. The van der Waals surface area contributed by atoms with Crippen molar-refractivity contribution in [2.75, 3.05) is 58.3 Å². The third-order valence-corrected chi connectivity index (χ3v) is 4.24. The molecule has 20 heavy (non-hydrogen) atoms. The quantitative estimate of drug-likeness (QED) is 0.773. The lowest BCUT2D eigenvalue weighted by atomic mass is 10.1. The fourth-order valence-electron chi connectivity index (χ4n) is 2.68. The van der Waals surface area contributed by atoms with Crippen molar-refractivity contribution < 1.29 is 0 Å². The van der Waals surface area contributed by atoms with Gasteiger partial charge in [-0.1, -0.05) is 17.7 Å². The zero-order chi connectivity index (χ0) is 14.5. The summed E-state index contributed by atoms with van der Waals surface area (Å²) in [6.07, 6.45) is 0. The predicted molar refractivity (Wildman–Crippen MR) is 87.9 cm³/mol. The molecule has 1 fully saturated rings. The second-order valence-corrected chi connectivity index (χ2v) is 6.17. The van der Waals surface area contributed by atoms with Crippen LogP contribution in [0.4, 0.5) is 5.69 Å². The van der Waals surface area contributed by atoms with Crippen molar-refractivity contribution in [3.8, 4) is 0 Å². The number of halogens is 1. The van der Waals surface area contributed by atoms with Crippen molar-refractivity contribution in [1.29, 1.82) is 0 Å². The Kier molecular flexibility index (Phi) is 5.70. The predicted octanol–water partition coefficient (Wildman–Crippen LogP) is 2.42. The summed E-state index contributed by atoms with van der Waals surface area (Å²) in [6, 6.07) is 6.62. The summed E-state index contributed by atoms with van der Waals surface area (Å²) in [7, 11) is 4.27. The molecule has 0 N–H and O–H groups in total. The molecule has 112 valence electrons. The van der Waals surface area contributed by atoms with E-state index in [1.165, 1.54) is 16.8 Å². The Morgan fingerprint density at radius 1 is 1.15 bits per heavy atom. The van der Waals surface area contributed by atoms with E-state index in [-0.39, 0.29) is 0 Å². The molecule has 3 nitrogen and oxygen atoms in total. The van der Waals surface area contributed by atoms with Crippen LogP contribution < -0.4 is 4.90 Å². The zero-order valence-electron chi connectivity index (χ0n) is 12.9. The van der Waals surface area contributed by atoms with E-state index in [0.29, 0.717) is 5.88 Å². The van der Waals surface area contributed by atoms with Gasteiger partial charge < -0.3 is 9.80 Å². The van der Waals surface area contributed by atoms with Crippen LogP contribution in [0.3, 0.4) is 0 Å². The number of alkyl halides is 1. The number of anilines is 1. The molecule has 1 aromatic carbocycles. The number of nitrogens with zero attached hydrogens (tertiary/aromatic N) is 3. The number of piperazine rings is 1. The molecule has 0 bridgehead atoms. The first-order valence-corrected chi connectivity index (χ1v) is 7.91. The molecule has 0 spiro atoms. The minimum Gasteiger partial charge on any atom is -0.369 e. The lowest BCUT2D eigenvalue weighted by Gasteiger charge is -2.37. The Labute approximate surface area is 128 Å². The topological polar surface area (TPSA) is 9.72 Å². The van der Waals surface area contributed by atoms with Gasteiger partial charge in [0.2, 0.25) is 0 Å². The Morgan fingerprint density at radius 2 is 1.85 bits per heavy atom. The number of aryl methyl sites for hydroxylation is 1. The molecule has 0 amide bonds. The molecule has 0 aliphatic carbocycles. The minimum absolute atomic E-state index is 0.595. The van der Waals surface area contributed by atoms with Crippen molar-refractivity contribution in [1.82, 2.24) is 9.80 Å². The van der Waals surface area contributed by atoms with E-state index >= 15 is 0 Å². The molecular formula is C16H26ClN3. The fraction of sp³-hybridized carbons (Fsp3) is 0.625. The smallest absolute Gasteiger partial charge is 0.0494 e. The minimum atomic E-state index is 0.595. The van der Waals surface area contributed by atoms with E-state index in [2.05, 4.69) is 53.9 Å². The second kappa shape index (κ2) is 7.30. The monoisotopic (exact) mass is 295 g/mol. The van der Waals surface area contributed by atoms with Gasteiger partial charge in [-0.25, -0.2) is 0 Å². The van der Waals surface area contributed by atoms with Gasteiger partial charge in [0, 0.05) is 50.8 Å². The van der Waals surface area contributed by atoms with Crippen molar-refractivity contribution in [2.24, 2.45) is 0 Å². The molecule has 1 heterocycles. The highest BCUT2D eigenvalue weighted by Gasteiger charge is 2.18. The maximum atomic E-state index is 6.09. The normalized spacial score (nSPS) is 16.9. The Morgan fingerprint density at radius 3 is 2.45 bits per heavy atom. The maximum absolute atomic E-state index is 6.09. The number of hydrogen-bond acceptors (Lipinski definition) is 3. The average molecular weight is 296 g/mol. The highest BCUT2D eigenvalue weighted by atomic mass is 35.5. The molecule has 0 radical (unpaired) electrons. The van der Waals surface area contributed by atoms with Gasteiger partial charge in [0.05, 0.1) is 0 Å². The number of rotatable bonds is 5. The molecule has 1 aliphatic heterocycles. The van der Waals surface area contributed by atoms with Crippen LogP contribution in [0.1, 0.15) is 11.1 Å². The van der Waals surface area contributed by atoms with Crippen LogP contribution in [0.15, 0.2) is 18.2 Å². The van der Waals surface area contributed by atoms with Crippen LogP contribution in [0.2, 0.25) is 0 Å². The Bertz CT molecular complexity index is 426. The third-order valence-electron chi connectivity index (χ3n) is 3.96. The van der Waals surface area contributed by atoms with Gasteiger partial charge in [-0.15, -0.1) is 11.6 Å². The van der Waals surface area contributed by atoms with Gasteiger partial charge in [0.15, 0.2) is 0 Å². The lowest BCUT2D eigenvalue weighted by Crippen LogP contribution is -2.48. The number of benzene rings is 1. The van der Waals surface area contributed by atoms with Crippen LogP contribution in [-0.4, -0.2) is 63.2 Å². The average Bonchev–Trinajstić information content (AvgIpc) is 2.45. The van der Waals surface area contributed by atoms with Crippen molar-refractivity contribution in [3.63, 3.8) is 0 Å². The molecule has 1 aliphatic rings. The Hall–Kier alpha value is -0.770. The van der Waals surface area contributed by atoms with Gasteiger partial charge >= 0.3 is 0 Å². The van der Waals surface area contributed by atoms with Crippen molar-refractivity contribution in [2.45, 2.75) is 12.8 Å². The lowest BCUT2D eigenvalue weighted by molar-refractivity contribution is 0.229. The van der Waals surface area contributed by atoms with Crippen LogP contribution in [0.5, 0.6) is 0 Å². The zero-order valence-corrected chi connectivity index (χ0v) is 13.7. The fourth-order valence-corrected chi connectivity index (χ4v) is 2.90. The largest absolute Gasteiger partial charge is 0.369 e. The molecule has 0 unspecified atom stereocenters. The summed E-state index contributed by atoms with van der Waals surface area (Å²) in [6.45, 7) is 8.90. The molecule has 2 rings (SSSR count). The summed E-state index contributed by atoms with van der Waals surface area (Å²) >= 11 is 6.09. The molecule has 4 heteroatoms. The SMILES string of the molecule is Cc1ccc(N2CCN(CCN(C)C)CC2)c(CCl)c1. The third kappa shape index (κ3) is 4.11. The van der Waals surface area contributed by atoms with Gasteiger partial charge in [0.1, 0.15) is 0 Å². The standard InChI is InChI=1S/C16H26ClN3/c1-14-4-5-16(15(12-14)13-17)20-10-8-19(9-11-20)7-6-18(2)3/h4-5,12H,6-11,13H2,1-3H3. The summed E-state index contributed by atoms with van der Waals surface area (Å²) < 4.78 is 0. The van der Waals surface area contributed by atoms with E-state index < -0.39 is 0 Å². The molecule has 1 saturated heterocycles. The maximum Gasteiger partial charge on any atom is 0.0494 e. The van der Waals surface area contributed by atoms with Crippen LogP contribution >= 0.6 is 11.6 Å². The first-order chi connectivity index (χ1) is 9.60. The van der Waals surface area contributed by atoms with Gasteiger partial charge in [0.25, 0.3) is 0 Å². The van der Waals surface area contributed by atoms with E-state index in [9.17, 15) is 0 Å². The van der Waals surface area contributed by atoms with E-state index in [0.717, 1.165) is 39.3 Å². The van der Waals surface area contributed by atoms with E-state index in [1.807, 2.05) is 0 Å². The van der Waals surface area contributed by atoms with E-state index in [4.69, 9.17) is 11.6 Å². The molecule has 0 atom stereocenters. The summed E-state index contributed by atoms with van der Waals surface area (Å²) in [4.78, 5) is 7.27. The van der Waals surface area contributed by atoms with Gasteiger partial charge in [-0.05, 0) is 32.6 Å². The molecular weight excluding hydrogens is 270 g/mol. The number of likely N-dealkylation sites (N-methyl/N-ethyl adjacent to an activating group) is 1. The molecule has 0 saturated carbocycles. The number of hydrogen-bond donors (Lipinski definition) is 0. The highest BCUT2D eigenvalue weighted by molar-refractivity contribution is 6.17. The van der Waals surface area contributed by atoms with Crippen LogP contribution in [0, 0.1) is 6.92 Å². The first-order valence-electron chi connectivity index (χ1n) is 7.37. The van der Waals surface area contributed by atoms with Crippen LogP contribution in [-0.2, 0) is 5.88 Å². The van der Waals surface area contributed by atoms with Gasteiger partial charge in [-0.2, -0.15) is 0 Å². The summed E-state index contributed by atoms with van der Waals surface area (Å²) in [5.41, 5.74) is 3.86. The highest BCUT2D eigenvalue weighted by Crippen LogP contribution is 2.24. The first kappa shape index (κ1) is 15.6. The van der Waals surface area contributed by atoms with Crippen molar-refractivity contribution >= 4 is 17.3 Å². The van der Waals surface area contributed by atoms with Gasteiger partial charge in [-0.3, -0.25) is 4.90 Å². The van der Waals surface area contributed by atoms with Crippen LogP contribution in [0.25, 0.3) is 0 Å². The van der Waals surface area contributed by atoms with E-state index in [1.54, 1.807) is 0 Å². The second-order valence-electron chi connectivity index (χ2n) is 5.90. The van der Waals surface area contributed by atoms with Crippen molar-refractivity contribution in [3.05, 3.63) is 29.3 Å². The summed E-state index contributed by atoms with van der Waals surface area (Å²) in [5.74, 6) is 0.595. The summed E-state index contributed by atoms with van der Waals surface area (Å²) in [5, 5.41) is 0.